The molecule has 0 aromatic heterocycles. The maximum atomic E-state index is 12.1. The van der Waals surface area contributed by atoms with E-state index in [1.54, 1.807) is 13.8 Å². The van der Waals surface area contributed by atoms with E-state index < -0.39 is 18.0 Å². The summed E-state index contributed by atoms with van der Waals surface area (Å²) in [5.41, 5.74) is 0. The van der Waals surface area contributed by atoms with E-state index in [9.17, 15) is 9.90 Å². The number of hydrogen-bond donors (Lipinski definition) is 1. The predicted molar refractivity (Wildman–Crippen MR) is 101 cm³/mol. The van der Waals surface area contributed by atoms with Crippen molar-refractivity contribution in [1.29, 1.82) is 0 Å². The molecule has 2 aliphatic heterocycles. The zero-order valence-electron chi connectivity index (χ0n) is 14.8. The first-order valence-electron chi connectivity index (χ1n) is 8.79. The molecule has 1 N–H and O–H groups in total. The summed E-state index contributed by atoms with van der Waals surface area (Å²) in [6, 6.07) is 0. The minimum atomic E-state index is -0.816. The third-order valence-electron chi connectivity index (χ3n) is 4.39. The van der Waals surface area contributed by atoms with Crippen LogP contribution in [0.25, 0.3) is 0 Å². The molecule has 2 aliphatic rings. The SMILES string of the molecule is C=CCCCCC1(C[C@H](O)[C@@H]2OC(C)(C)OCC2=O)SCCCS1. The van der Waals surface area contributed by atoms with Gasteiger partial charge in [-0.2, -0.15) is 0 Å². The highest BCUT2D eigenvalue weighted by Gasteiger charge is 2.43. The fourth-order valence-corrected chi connectivity index (χ4v) is 6.61. The molecule has 0 aliphatic carbocycles. The molecule has 0 aromatic rings. The molecule has 0 saturated carbocycles. The summed E-state index contributed by atoms with van der Waals surface area (Å²) in [7, 11) is 0. The Labute approximate surface area is 154 Å². The molecule has 138 valence electrons. The maximum absolute atomic E-state index is 12.1. The number of rotatable bonds is 8. The smallest absolute Gasteiger partial charge is 0.190 e. The Balaban J connectivity index is 1.99. The number of thioether (sulfide) groups is 2. The van der Waals surface area contributed by atoms with Gasteiger partial charge in [-0.15, -0.1) is 30.1 Å². The first-order valence-corrected chi connectivity index (χ1v) is 10.8. The lowest BCUT2D eigenvalue weighted by atomic mass is 10.00. The van der Waals surface area contributed by atoms with Gasteiger partial charge in [-0.3, -0.25) is 4.79 Å². The van der Waals surface area contributed by atoms with Crippen LogP contribution in [0.1, 0.15) is 52.4 Å². The molecule has 0 bridgehead atoms. The first-order chi connectivity index (χ1) is 11.4. The molecule has 4 nitrogen and oxygen atoms in total. The van der Waals surface area contributed by atoms with Crippen molar-refractivity contribution in [3.05, 3.63) is 12.7 Å². The predicted octanol–water partition coefficient (Wildman–Crippen LogP) is 3.77. The summed E-state index contributed by atoms with van der Waals surface area (Å²) in [5, 5.41) is 10.8. The molecule has 0 unspecified atom stereocenters. The van der Waals surface area contributed by atoms with E-state index in [1.165, 1.54) is 6.42 Å². The van der Waals surface area contributed by atoms with E-state index in [2.05, 4.69) is 6.58 Å². The molecular formula is C18H30O4S2. The topological polar surface area (TPSA) is 55.8 Å². The second kappa shape index (κ2) is 9.08. The molecule has 0 aromatic carbocycles. The lowest BCUT2D eigenvalue weighted by molar-refractivity contribution is -0.271. The summed E-state index contributed by atoms with van der Waals surface area (Å²) >= 11 is 3.88. The Morgan fingerprint density at radius 2 is 2.08 bits per heavy atom. The molecule has 0 radical (unpaired) electrons. The van der Waals surface area contributed by atoms with Crippen LogP contribution >= 0.6 is 23.5 Å². The molecule has 0 amide bonds. The van der Waals surface area contributed by atoms with Gasteiger partial charge in [-0.1, -0.05) is 12.5 Å². The standard InChI is InChI=1S/C18H30O4S2/c1-4-5-6-7-9-18(23-10-8-11-24-18)12-14(19)16-15(20)13-21-17(2,3)22-16/h4,14,16,19H,1,5-13H2,2-3H3/t14-,16-/m0/s1. The van der Waals surface area contributed by atoms with Gasteiger partial charge in [-0.25, -0.2) is 0 Å². The van der Waals surface area contributed by atoms with Gasteiger partial charge in [0.1, 0.15) is 12.7 Å². The number of carbonyl (C=O) groups is 1. The Hall–Kier alpha value is -0.0100. The third-order valence-corrected chi connectivity index (χ3v) is 7.88. The quantitative estimate of drug-likeness (QED) is 0.515. The van der Waals surface area contributed by atoms with E-state index >= 15 is 0 Å². The molecule has 2 rings (SSSR count). The summed E-state index contributed by atoms with van der Waals surface area (Å²) < 4.78 is 11.1. The first kappa shape index (κ1) is 20.3. The molecule has 24 heavy (non-hydrogen) atoms. The number of aliphatic hydroxyl groups is 1. The highest BCUT2D eigenvalue weighted by molar-refractivity contribution is 8.18. The van der Waals surface area contributed by atoms with E-state index in [4.69, 9.17) is 9.47 Å². The lowest BCUT2D eigenvalue weighted by Gasteiger charge is -2.41. The largest absolute Gasteiger partial charge is 0.390 e. The summed E-state index contributed by atoms with van der Waals surface area (Å²) in [5.74, 6) is 1.27. The zero-order valence-corrected chi connectivity index (χ0v) is 16.4. The van der Waals surface area contributed by atoms with Crippen LogP contribution in [0.15, 0.2) is 12.7 Å². The molecule has 2 saturated heterocycles. The highest BCUT2D eigenvalue weighted by Crippen LogP contribution is 2.49. The van der Waals surface area contributed by atoms with Crippen LogP contribution < -0.4 is 0 Å². The normalized spacial score (nSPS) is 27.6. The van der Waals surface area contributed by atoms with Gasteiger partial charge in [0, 0.05) is 6.42 Å². The zero-order chi connectivity index (χ0) is 17.6. The number of aliphatic hydroxyl groups excluding tert-OH is 1. The maximum Gasteiger partial charge on any atom is 0.190 e. The number of unbranched alkanes of at least 4 members (excludes halogenated alkanes) is 2. The van der Waals surface area contributed by atoms with Crippen molar-refractivity contribution in [1.82, 2.24) is 0 Å². The number of Topliss-reactive ketones (excluding diaryl/α,β-unsaturated/α-hetero) is 1. The van der Waals surface area contributed by atoms with Gasteiger partial charge < -0.3 is 14.6 Å². The van der Waals surface area contributed by atoms with Gasteiger partial charge in [0.15, 0.2) is 11.6 Å². The number of hydrogen-bond acceptors (Lipinski definition) is 6. The van der Waals surface area contributed by atoms with Gasteiger partial charge in [0.25, 0.3) is 0 Å². The summed E-state index contributed by atoms with van der Waals surface area (Å²) in [6.45, 7) is 7.36. The van der Waals surface area contributed by atoms with Crippen LogP contribution in [-0.4, -0.2) is 51.1 Å². The summed E-state index contributed by atoms with van der Waals surface area (Å²) in [4.78, 5) is 12.1. The minimum Gasteiger partial charge on any atom is -0.390 e. The number of carbonyl (C=O) groups excluding carboxylic acids is 1. The fourth-order valence-electron chi connectivity index (χ4n) is 3.12. The van der Waals surface area contributed by atoms with E-state index in [1.807, 2.05) is 29.6 Å². The number of allylic oxidation sites excluding steroid dienone is 1. The van der Waals surface area contributed by atoms with Gasteiger partial charge in [0.2, 0.25) is 0 Å². The second-order valence-corrected chi connectivity index (χ2v) is 10.2. The Kier molecular flexibility index (Phi) is 7.68. The summed E-state index contributed by atoms with van der Waals surface area (Å²) in [6.07, 6.45) is 6.52. The number of ketones is 1. The van der Waals surface area contributed by atoms with Crippen molar-refractivity contribution in [2.24, 2.45) is 0 Å². The van der Waals surface area contributed by atoms with Crippen LogP contribution in [0.2, 0.25) is 0 Å². The van der Waals surface area contributed by atoms with Crippen molar-refractivity contribution in [2.45, 2.75) is 74.4 Å². The van der Waals surface area contributed by atoms with E-state index in [0.717, 1.165) is 37.2 Å². The molecule has 0 spiro atoms. The molecule has 2 fully saturated rings. The third kappa shape index (κ3) is 5.77. The van der Waals surface area contributed by atoms with Crippen LogP contribution in [0.4, 0.5) is 0 Å². The highest BCUT2D eigenvalue weighted by atomic mass is 32.2. The average Bonchev–Trinajstić information content (AvgIpc) is 2.55. The van der Waals surface area contributed by atoms with Crippen LogP contribution in [0.3, 0.4) is 0 Å². The van der Waals surface area contributed by atoms with Gasteiger partial charge in [-0.05, 0) is 51.0 Å². The van der Waals surface area contributed by atoms with Crippen molar-refractivity contribution >= 4 is 29.3 Å². The van der Waals surface area contributed by atoms with Crippen molar-refractivity contribution in [2.75, 3.05) is 18.1 Å². The molecular weight excluding hydrogens is 344 g/mol. The average molecular weight is 375 g/mol. The minimum absolute atomic E-state index is 0.00900. The lowest BCUT2D eigenvalue weighted by Crippen LogP contribution is -2.52. The van der Waals surface area contributed by atoms with Crippen molar-refractivity contribution in [3.63, 3.8) is 0 Å². The van der Waals surface area contributed by atoms with Crippen LogP contribution in [0.5, 0.6) is 0 Å². The Bertz CT molecular complexity index is 433. The fraction of sp³-hybridized carbons (Fsp3) is 0.833. The molecule has 2 heterocycles. The molecule has 2 atom stereocenters. The van der Waals surface area contributed by atoms with E-state index in [0.29, 0.717) is 6.42 Å². The van der Waals surface area contributed by atoms with Crippen LogP contribution in [-0.2, 0) is 14.3 Å². The Morgan fingerprint density at radius 1 is 1.38 bits per heavy atom. The van der Waals surface area contributed by atoms with Gasteiger partial charge in [0.05, 0.1) is 10.2 Å². The molecule has 6 heteroatoms. The van der Waals surface area contributed by atoms with E-state index in [-0.39, 0.29) is 16.5 Å². The number of ether oxygens (including phenoxy) is 2. The van der Waals surface area contributed by atoms with Crippen molar-refractivity contribution in [3.8, 4) is 0 Å². The second-order valence-electron chi connectivity index (χ2n) is 6.96. The monoisotopic (exact) mass is 374 g/mol. The van der Waals surface area contributed by atoms with Crippen LogP contribution in [0, 0.1) is 0 Å². The van der Waals surface area contributed by atoms with Gasteiger partial charge >= 0.3 is 0 Å². The van der Waals surface area contributed by atoms with Crippen molar-refractivity contribution < 1.29 is 19.4 Å². The Morgan fingerprint density at radius 3 is 2.75 bits per heavy atom.